The van der Waals surface area contributed by atoms with E-state index in [2.05, 4.69) is 9.47 Å². The van der Waals surface area contributed by atoms with Crippen molar-refractivity contribution in [3.8, 4) is 11.5 Å². The van der Waals surface area contributed by atoms with Crippen LogP contribution in [0.25, 0.3) is 0 Å². The third-order valence-corrected chi connectivity index (χ3v) is 6.07. The number of ether oxygens (including phenoxy) is 4. The van der Waals surface area contributed by atoms with Crippen molar-refractivity contribution in [2.24, 2.45) is 0 Å². The van der Waals surface area contributed by atoms with Gasteiger partial charge in [0.05, 0.1) is 9.79 Å². The zero-order valence-electron chi connectivity index (χ0n) is 21.0. The molecule has 0 N–H and O–H groups in total. The zero-order chi connectivity index (χ0) is 28.9. The average Bonchev–Trinajstić information content (AvgIpc) is 2.81. The maximum absolute atomic E-state index is 12.4. The van der Waals surface area contributed by atoms with Crippen LogP contribution in [0.3, 0.4) is 0 Å². The second-order valence-corrected chi connectivity index (χ2v) is 9.83. The SMILES string of the molecule is CC(=O)OC(=O)CCCC(=O)Oc1ccc(Cl)cc1Sc1cc(Cl)ccc1OC(=O)CCCC(=O)OC(C)=O. The molecule has 0 spiro atoms. The summed E-state index contributed by atoms with van der Waals surface area (Å²) < 4.78 is 19.7. The fourth-order valence-corrected chi connectivity index (χ4v) is 4.44. The molecule has 0 heterocycles. The number of carbonyl (C=O) groups excluding carboxylic acids is 6. The molecule has 0 bridgehead atoms. The number of benzene rings is 2. The largest absolute Gasteiger partial charge is 0.425 e. The van der Waals surface area contributed by atoms with Crippen molar-refractivity contribution < 1.29 is 47.7 Å². The van der Waals surface area contributed by atoms with Crippen LogP contribution in [-0.4, -0.2) is 35.8 Å². The highest BCUT2D eigenvalue weighted by atomic mass is 35.5. The van der Waals surface area contributed by atoms with Crippen molar-refractivity contribution >= 4 is 70.8 Å². The van der Waals surface area contributed by atoms with Gasteiger partial charge in [-0.25, -0.2) is 0 Å². The Morgan fingerprint density at radius 1 is 0.615 bits per heavy atom. The molecular formula is C26H24Cl2O10S. The Labute approximate surface area is 238 Å². The molecule has 0 aliphatic heterocycles. The number of hydrogen-bond acceptors (Lipinski definition) is 11. The minimum Gasteiger partial charge on any atom is -0.425 e. The maximum Gasteiger partial charge on any atom is 0.313 e. The molecule has 0 aliphatic rings. The van der Waals surface area contributed by atoms with Crippen LogP contribution in [0.2, 0.25) is 10.0 Å². The van der Waals surface area contributed by atoms with Crippen LogP contribution in [0.15, 0.2) is 46.2 Å². The summed E-state index contributed by atoms with van der Waals surface area (Å²) in [5, 5.41) is 0.699. The normalized spacial score (nSPS) is 10.4. The van der Waals surface area contributed by atoms with E-state index < -0.39 is 35.8 Å². The molecule has 0 atom stereocenters. The van der Waals surface area contributed by atoms with Gasteiger partial charge in [-0.05, 0) is 49.2 Å². The summed E-state index contributed by atoms with van der Waals surface area (Å²) in [5.41, 5.74) is 0. The fraction of sp³-hybridized carbons (Fsp3) is 0.308. The van der Waals surface area contributed by atoms with Gasteiger partial charge in [-0.15, -0.1) is 0 Å². The smallest absolute Gasteiger partial charge is 0.313 e. The Kier molecular flexibility index (Phi) is 12.9. The van der Waals surface area contributed by atoms with Crippen LogP contribution >= 0.6 is 35.0 Å². The molecule has 0 fully saturated rings. The van der Waals surface area contributed by atoms with Crippen LogP contribution in [0.1, 0.15) is 52.4 Å². The Morgan fingerprint density at radius 3 is 1.33 bits per heavy atom. The first-order chi connectivity index (χ1) is 18.4. The predicted molar refractivity (Wildman–Crippen MR) is 140 cm³/mol. The molecule has 0 unspecified atom stereocenters. The number of rotatable bonds is 12. The van der Waals surface area contributed by atoms with Gasteiger partial charge in [0.1, 0.15) is 11.5 Å². The van der Waals surface area contributed by atoms with Gasteiger partial charge >= 0.3 is 35.8 Å². The van der Waals surface area contributed by atoms with Crippen molar-refractivity contribution in [2.45, 2.75) is 62.2 Å². The van der Waals surface area contributed by atoms with Crippen molar-refractivity contribution in [1.82, 2.24) is 0 Å². The highest BCUT2D eigenvalue weighted by molar-refractivity contribution is 7.99. The minimum absolute atomic E-state index is 0.111. The molecule has 39 heavy (non-hydrogen) atoms. The lowest BCUT2D eigenvalue weighted by Crippen LogP contribution is -2.12. The molecule has 2 rings (SSSR count). The molecule has 0 amide bonds. The molecule has 0 saturated heterocycles. The van der Waals surface area contributed by atoms with Crippen LogP contribution in [0, 0.1) is 0 Å². The van der Waals surface area contributed by atoms with E-state index in [0.717, 1.165) is 25.6 Å². The van der Waals surface area contributed by atoms with Gasteiger partial charge in [0.2, 0.25) is 0 Å². The summed E-state index contributed by atoms with van der Waals surface area (Å²) in [7, 11) is 0. The molecule has 0 aliphatic carbocycles. The molecular weight excluding hydrogens is 575 g/mol. The number of hydrogen-bond donors (Lipinski definition) is 0. The van der Waals surface area contributed by atoms with Crippen molar-refractivity contribution in [1.29, 1.82) is 0 Å². The quantitative estimate of drug-likeness (QED) is 0.174. The highest BCUT2D eigenvalue weighted by Crippen LogP contribution is 2.42. The summed E-state index contributed by atoms with van der Waals surface area (Å²) in [6.07, 6.45) is -0.263. The predicted octanol–water partition coefficient (Wildman–Crippen LogP) is 5.48. The minimum atomic E-state index is -0.739. The number of esters is 6. The van der Waals surface area contributed by atoms with E-state index in [1.54, 1.807) is 12.1 Å². The Balaban J connectivity index is 2.07. The molecule has 2 aromatic carbocycles. The average molecular weight is 599 g/mol. The first-order valence-electron chi connectivity index (χ1n) is 11.5. The first kappa shape index (κ1) is 31.8. The van der Waals surface area contributed by atoms with E-state index in [-0.39, 0.29) is 50.0 Å². The first-order valence-corrected chi connectivity index (χ1v) is 13.1. The summed E-state index contributed by atoms with van der Waals surface area (Å²) in [4.78, 5) is 70.1. The van der Waals surface area contributed by atoms with E-state index in [4.69, 9.17) is 32.7 Å². The topological polar surface area (TPSA) is 139 Å². The van der Waals surface area contributed by atoms with E-state index in [1.807, 2.05) is 0 Å². The lowest BCUT2D eigenvalue weighted by Gasteiger charge is -2.13. The molecule has 10 nitrogen and oxygen atoms in total. The lowest BCUT2D eigenvalue weighted by molar-refractivity contribution is -0.160. The Morgan fingerprint density at radius 2 is 0.974 bits per heavy atom. The molecule has 0 saturated carbocycles. The van der Waals surface area contributed by atoms with Crippen molar-refractivity contribution in [3.63, 3.8) is 0 Å². The van der Waals surface area contributed by atoms with Gasteiger partial charge in [0.15, 0.2) is 0 Å². The van der Waals surface area contributed by atoms with Crippen LogP contribution in [-0.2, 0) is 38.2 Å². The molecule has 0 radical (unpaired) electrons. The second-order valence-electron chi connectivity index (χ2n) is 7.87. The van der Waals surface area contributed by atoms with Gasteiger partial charge in [-0.2, -0.15) is 0 Å². The van der Waals surface area contributed by atoms with E-state index in [0.29, 0.717) is 19.8 Å². The third-order valence-electron chi connectivity index (χ3n) is 4.52. The summed E-state index contributed by atoms with van der Waals surface area (Å²) in [5.74, 6) is -3.86. The second kappa shape index (κ2) is 15.9. The van der Waals surface area contributed by atoms with Crippen LogP contribution in [0.4, 0.5) is 0 Å². The number of halogens is 2. The van der Waals surface area contributed by atoms with Gasteiger partial charge in [-0.3, -0.25) is 28.8 Å². The highest BCUT2D eigenvalue weighted by Gasteiger charge is 2.17. The fourth-order valence-electron chi connectivity index (χ4n) is 2.93. The van der Waals surface area contributed by atoms with Crippen LogP contribution in [0.5, 0.6) is 11.5 Å². The Hall–Kier alpha value is -3.41. The van der Waals surface area contributed by atoms with Crippen LogP contribution < -0.4 is 9.47 Å². The molecule has 2 aromatic rings. The standard InChI is InChI=1S/C26H24Cl2O10S/c1-15(29)35-23(31)5-3-7-25(33)37-19-11-9-17(27)13-21(19)39-22-14-18(28)10-12-20(22)38-26(34)8-4-6-24(32)36-16(2)30/h9-14H,3-8H2,1-2H3. The summed E-state index contributed by atoms with van der Waals surface area (Å²) in [6.45, 7) is 2.21. The summed E-state index contributed by atoms with van der Waals surface area (Å²) >= 11 is 13.4. The van der Waals surface area contributed by atoms with E-state index in [9.17, 15) is 28.8 Å². The lowest BCUT2D eigenvalue weighted by atomic mass is 10.2. The van der Waals surface area contributed by atoms with Gasteiger partial charge in [-0.1, -0.05) is 35.0 Å². The van der Waals surface area contributed by atoms with Gasteiger partial charge in [0, 0.05) is 49.6 Å². The van der Waals surface area contributed by atoms with E-state index in [1.165, 1.54) is 24.3 Å². The molecule has 208 valence electrons. The number of carbonyl (C=O) groups is 6. The van der Waals surface area contributed by atoms with Crippen molar-refractivity contribution in [2.75, 3.05) is 0 Å². The van der Waals surface area contributed by atoms with E-state index >= 15 is 0 Å². The maximum atomic E-state index is 12.4. The Bertz CT molecular complexity index is 1170. The van der Waals surface area contributed by atoms with Crippen molar-refractivity contribution in [3.05, 3.63) is 46.4 Å². The monoisotopic (exact) mass is 598 g/mol. The van der Waals surface area contributed by atoms with Gasteiger partial charge in [0.25, 0.3) is 0 Å². The molecule has 0 aromatic heterocycles. The zero-order valence-corrected chi connectivity index (χ0v) is 23.3. The third kappa shape index (κ3) is 12.3. The molecule has 13 heteroatoms. The van der Waals surface area contributed by atoms with Gasteiger partial charge < -0.3 is 18.9 Å². The summed E-state index contributed by atoms with van der Waals surface area (Å²) in [6, 6.07) is 9.12.